The van der Waals surface area contributed by atoms with Crippen molar-refractivity contribution in [3.8, 4) is 5.75 Å². The fourth-order valence-corrected chi connectivity index (χ4v) is 3.00. The van der Waals surface area contributed by atoms with Crippen LogP contribution < -0.4 is 10.1 Å². The molecule has 0 radical (unpaired) electrons. The van der Waals surface area contributed by atoms with Crippen LogP contribution in [0.4, 0.5) is 0 Å². The first-order valence-corrected chi connectivity index (χ1v) is 8.17. The van der Waals surface area contributed by atoms with Crippen molar-refractivity contribution in [1.82, 2.24) is 5.32 Å². The molecular weight excluding hydrogens is 326 g/mol. The molecule has 1 N–H and O–H groups in total. The monoisotopic (exact) mass is 347 g/mol. The second kappa shape index (κ2) is 7.62. The molecule has 3 heteroatoms. The number of hydrogen-bond donors (Lipinski definition) is 1. The summed E-state index contributed by atoms with van der Waals surface area (Å²) >= 11 is 3.53. The van der Waals surface area contributed by atoms with Gasteiger partial charge in [-0.1, -0.05) is 41.1 Å². The lowest BCUT2D eigenvalue weighted by Gasteiger charge is -2.21. The minimum absolute atomic E-state index is 0.184. The standard InChI is InChI=1S/C18H22BrNO/c1-4-20-18(17-10-9-15(19)11-13(17)3)14-7-6-8-16(12-14)21-5-2/h6-12,18,20H,4-5H2,1-3H3. The highest BCUT2D eigenvalue weighted by Crippen LogP contribution is 2.29. The first kappa shape index (κ1) is 16.1. The van der Waals surface area contributed by atoms with Crippen LogP contribution in [0.5, 0.6) is 5.75 Å². The average molecular weight is 348 g/mol. The van der Waals surface area contributed by atoms with Crippen molar-refractivity contribution in [3.05, 3.63) is 63.6 Å². The van der Waals surface area contributed by atoms with Crippen LogP contribution in [0.15, 0.2) is 46.9 Å². The molecule has 0 aliphatic heterocycles. The van der Waals surface area contributed by atoms with E-state index in [0.29, 0.717) is 6.61 Å². The average Bonchev–Trinajstić information content (AvgIpc) is 2.46. The summed E-state index contributed by atoms with van der Waals surface area (Å²) in [5, 5.41) is 3.57. The van der Waals surface area contributed by atoms with Crippen molar-refractivity contribution in [3.63, 3.8) is 0 Å². The van der Waals surface area contributed by atoms with Gasteiger partial charge in [0.25, 0.3) is 0 Å². The molecule has 0 bridgehead atoms. The van der Waals surface area contributed by atoms with E-state index in [4.69, 9.17) is 4.74 Å². The van der Waals surface area contributed by atoms with Crippen LogP contribution in [0, 0.1) is 6.92 Å². The summed E-state index contributed by atoms with van der Waals surface area (Å²) in [4.78, 5) is 0. The van der Waals surface area contributed by atoms with Crippen LogP contribution in [0.25, 0.3) is 0 Å². The van der Waals surface area contributed by atoms with Crippen LogP contribution in [-0.4, -0.2) is 13.2 Å². The van der Waals surface area contributed by atoms with Gasteiger partial charge in [0.15, 0.2) is 0 Å². The largest absolute Gasteiger partial charge is 0.494 e. The molecule has 0 fully saturated rings. The van der Waals surface area contributed by atoms with Gasteiger partial charge in [-0.25, -0.2) is 0 Å². The zero-order valence-electron chi connectivity index (χ0n) is 12.8. The van der Waals surface area contributed by atoms with E-state index in [9.17, 15) is 0 Å². The van der Waals surface area contributed by atoms with Crippen LogP contribution in [0.3, 0.4) is 0 Å². The number of rotatable bonds is 6. The molecule has 0 spiro atoms. The quantitative estimate of drug-likeness (QED) is 0.805. The Bertz CT molecular complexity index is 598. The maximum Gasteiger partial charge on any atom is 0.119 e. The smallest absolute Gasteiger partial charge is 0.119 e. The second-order valence-corrected chi connectivity index (χ2v) is 5.91. The Morgan fingerprint density at radius 1 is 1.14 bits per heavy atom. The van der Waals surface area contributed by atoms with Gasteiger partial charge in [-0.05, 0) is 61.3 Å². The summed E-state index contributed by atoms with van der Waals surface area (Å²) in [6.07, 6.45) is 0. The van der Waals surface area contributed by atoms with Gasteiger partial charge >= 0.3 is 0 Å². The van der Waals surface area contributed by atoms with Crippen LogP contribution in [0.1, 0.15) is 36.6 Å². The normalized spacial score (nSPS) is 12.2. The molecule has 0 aliphatic rings. The highest BCUT2D eigenvalue weighted by molar-refractivity contribution is 9.10. The fraction of sp³-hybridized carbons (Fsp3) is 0.333. The summed E-state index contributed by atoms with van der Waals surface area (Å²) < 4.78 is 6.74. The molecule has 0 amide bonds. The molecule has 2 nitrogen and oxygen atoms in total. The van der Waals surface area contributed by atoms with E-state index >= 15 is 0 Å². The Labute approximate surface area is 135 Å². The van der Waals surface area contributed by atoms with E-state index in [0.717, 1.165) is 16.8 Å². The lowest BCUT2D eigenvalue weighted by Crippen LogP contribution is -2.22. The number of benzene rings is 2. The Kier molecular flexibility index (Phi) is 5.83. The number of halogens is 1. The third-order valence-electron chi connectivity index (χ3n) is 3.45. The van der Waals surface area contributed by atoms with Crippen LogP contribution in [-0.2, 0) is 0 Å². The molecule has 0 aromatic heterocycles. The van der Waals surface area contributed by atoms with Gasteiger partial charge in [-0.2, -0.15) is 0 Å². The summed E-state index contributed by atoms with van der Waals surface area (Å²) in [5.41, 5.74) is 3.80. The molecular formula is C18H22BrNO. The zero-order valence-corrected chi connectivity index (χ0v) is 14.4. The minimum Gasteiger partial charge on any atom is -0.494 e. The minimum atomic E-state index is 0.184. The summed E-state index contributed by atoms with van der Waals surface area (Å²) in [5.74, 6) is 0.924. The second-order valence-electron chi connectivity index (χ2n) is 5.00. The lowest BCUT2D eigenvalue weighted by atomic mass is 9.95. The van der Waals surface area contributed by atoms with E-state index in [1.807, 2.05) is 13.0 Å². The number of aryl methyl sites for hydroxylation is 1. The fourth-order valence-electron chi connectivity index (χ4n) is 2.53. The van der Waals surface area contributed by atoms with Crippen LogP contribution >= 0.6 is 15.9 Å². The van der Waals surface area contributed by atoms with Crippen molar-refractivity contribution < 1.29 is 4.74 Å². The third kappa shape index (κ3) is 4.08. The van der Waals surface area contributed by atoms with Crippen LogP contribution in [0.2, 0.25) is 0 Å². The van der Waals surface area contributed by atoms with E-state index in [-0.39, 0.29) is 6.04 Å². The van der Waals surface area contributed by atoms with E-state index in [1.165, 1.54) is 16.7 Å². The lowest BCUT2D eigenvalue weighted by molar-refractivity contribution is 0.339. The molecule has 1 atom stereocenters. The molecule has 2 aromatic carbocycles. The first-order valence-electron chi connectivity index (χ1n) is 7.37. The van der Waals surface area contributed by atoms with Crippen molar-refractivity contribution >= 4 is 15.9 Å². The highest BCUT2D eigenvalue weighted by Gasteiger charge is 2.15. The third-order valence-corrected chi connectivity index (χ3v) is 3.95. The Morgan fingerprint density at radius 2 is 1.95 bits per heavy atom. The predicted molar refractivity (Wildman–Crippen MR) is 92.0 cm³/mol. The molecule has 2 aromatic rings. The summed E-state index contributed by atoms with van der Waals surface area (Å²) in [6, 6.07) is 15.0. The Morgan fingerprint density at radius 3 is 2.62 bits per heavy atom. The topological polar surface area (TPSA) is 21.3 Å². The molecule has 1 unspecified atom stereocenters. The Hall–Kier alpha value is -1.32. The highest BCUT2D eigenvalue weighted by atomic mass is 79.9. The molecule has 2 rings (SSSR count). The number of ether oxygens (including phenoxy) is 1. The van der Waals surface area contributed by atoms with Crippen molar-refractivity contribution in [2.75, 3.05) is 13.2 Å². The summed E-state index contributed by atoms with van der Waals surface area (Å²) in [7, 11) is 0. The van der Waals surface area contributed by atoms with Gasteiger partial charge in [0.05, 0.1) is 12.6 Å². The van der Waals surface area contributed by atoms with Crippen molar-refractivity contribution in [2.24, 2.45) is 0 Å². The van der Waals surface area contributed by atoms with Gasteiger partial charge in [-0.3, -0.25) is 0 Å². The van der Waals surface area contributed by atoms with Gasteiger partial charge < -0.3 is 10.1 Å². The van der Waals surface area contributed by atoms with E-state index < -0.39 is 0 Å². The number of nitrogens with one attached hydrogen (secondary N) is 1. The van der Waals surface area contributed by atoms with Gasteiger partial charge in [0.1, 0.15) is 5.75 Å². The molecule has 21 heavy (non-hydrogen) atoms. The molecule has 112 valence electrons. The maximum absolute atomic E-state index is 5.62. The van der Waals surface area contributed by atoms with E-state index in [2.05, 4.69) is 71.5 Å². The Balaban J connectivity index is 2.40. The summed E-state index contributed by atoms with van der Waals surface area (Å²) in [6.45, 7) is 7.89. The van der Waals surface area contributed by atoms with Gasteiger partial charge in [-0.15, -0.1) is 0 Å². The molecule has 0 aliphatic carbocycles. The molecule has 0 heterocycles. The predicted octanol–water partition coefficient (Wildman–Crippen LogP) is 4.86. The maximum atomic E-state index is 5.62. The van der Waals surface area contributed by atoms with Gasteiger partial charge in [0.2, 0.25) is 0 Å². The first-order chi connectivity index (χ1) is 10.2. The SMILES string of the molecule is CCNC(c1cccc(OCC)c1)c1ccc(Br)cc1C. The molecule has 0 saturated heterocycles. The molecule has 0 saturated carbocycles. The zero-order chi connectivity index (χ0) is 15.2. The number of hydrogen-bond acceptors (Lipinski definition) is 2. The van der Waals surface area contributed by atoms with Gasteiger partial charge in [0, 0.05) is 4.47 Å². The van der Waals surface area contributed by atoms with Crippen molar-refractivity contribution in [2.45, 2.75) is 26.8 Å². The van der Waals surface area contributed by atoms with Crippen molar-refractivity contribution in [1.29, 1.82) is 0 Å². The van der Waals surface area contributed by atoms with E-state index in [1.54, 1.807) is 0 Å².